The fraction of sp³-hybridized carbons (Fsp3) is 0.444. The van der Waals surface area contributed by atoms with E-state index in [0.717, 1.165) is 11.3 Å². The average molecular weight is 184 g/mol. The SMILES string of the molecule is CC1(C)COc2c1ccnc2Cl. The highest BCUT2D eigenvalue weighted by Gasteiger charge is 2.33. The molecule has 0 amide bonds. The Balaban J connectivity index is 2.61. The number of rotatable bonds is 0. The molecule has 0 spiro atoms. The van der Waals surface area contributed by atoms with Gasteiger partial charge in [-0.05, 0) is 6.07 Å². The lowest BCUT2D eigenvalue weighted by molar-refractivity contribution is 0.290. The number of aromatic nitrogens is 1. The Kier molecular flexibility index (Phi) is 1.55. The number of fused-ring (bicyclic) bond motifs is 1. The maximum absolute atomic E-state index is 5.86. The van der Waals surface area contributed by atoms with E-state index in [4.69, 9.17) is 16.3 Å². The van der Waals surface area contributed by atoms with E-state index in [-0.39, 0.29) is 5.41 Å². The van der Waals surface area contributed by atoms with Gasteiger partial charge in [0.1, 0.15) is 0 Å². The maximum atomic E-state index is 5.86. The number of hydrogen-bond donors (Lipinski definition) is 0. The number of halogens is 1. The van der Waals surface area contributed by atoms with Crippen molar-refractivity contribution in [1.29, 1.82) is 0 Å². The molecule has 0 fully saturated rings. The minimum Gasteiger partial charge on any atom is -0.489 e. The third-order valence-electron chi connectivity index (χ3n) is 2.17. The lowest BCUT2D eigenvalue weighted by Gasteiger charge is -2.14. The first-order valence-electron chi connectivity index (χ1n) is 3.89. The predicted octanol–water partition coefficient (Wildman–Crippen LogP) is 2.41. The van der Waals surface area contributed by atoms with Crippen LogP contribution in [0.2, 0.25) is 5.15 Å². The average Bonchev–Trinajstić information content (AvgIpc) is 2.30. The Hall–Kier alpha value is -0.760. The molecule has 1 aliphatic heterocycles. The van der Waals surface area contributed by atoms with Gasteiger partial charge in [0.2, 0.25) is 0 Å². The first-order chi connectivity index (χ1) is 5.61. The Morgan fingerprint density at radius 3 is 3.00 bits per heavy atom. The van der Waals surface area contributed by atoms with Gasteiger partial charge in [0.25, 0.3) is 0 Å². The van der Waals surface area contributed by atoms with Crippen molar-refractivity contribution in [2.75, 3.05) is 6.61 Å². The largest absolute Gasteiger partial charge is 0.489 e. The second kappa shape index (κ2) is 2.36. The first kappa shape index (κ1) is 7.87. The van der Waals surface area contributed by atoms with Gasteiger partial charge in [-0.1, -0.05) is 25.4 Å². The van der Waals surface area contributed by atoms with E-state index in [1.165, 1.54) is 0 Å². The Morgan fingerprint density at radius 2 is 2.33 bits per heavy atom. The van der Waals surface area contributed by atoms with Crippen LogP contribution in [-0.4, -0.2) is 11.6 Å². The van der Waals surface area contributed by atoms with Crippen LogP contribution in [0.1, 0.15) is 19.4 Å². The lowest BCUT2D eigenvalue weighted by Crippen LogP contribution is -2.18. The molecular weight excluding hydrogens is 174 g/mol. The summed E-state index contributed by atoms with van der Waals surface area (Å²) in [5.41, 5.74) is 1.23. The highest BCUT2D eigenvalue weighted by atomic mass is 35.5. The quantitative estimate of drug-likeness (QED) is 0.577. The number of hydrogen-bond acceptors (Lipinski definition) is 2. The summed E-state index contributed by atoms with van der Waals surface area (Å²) in [4.78, 5) is 3.96. The summed E-state index contributed by atoms with van der Waals surface area (Å²) in [6.45, 7) is 4.96. The summed E-state index contributed by atoms with van der Waals surface area (Å²) in [5, 5.41) is 0.470. The zero-order valence-corrected chi connectivity index (χ0v) is 7.85. The Morgan fingerprint density at radius 1 is 1.58 bits per heavy atom. The molecule has 1 aliphatic rings. The van der Waals surface area contributed by atoms with Gasteiger partial charge in [0.15, 0.2) is 10.9 Å². The summed E-state index contributed by atoms with van der Waals surface area (Å²) in [7, 11) is 0. The van der Waals surface area contributed by atoms with Crippen LogP contribution in [0.3, 0.4) is 0 Å². The van der Waals surface area contributed by atoms with Gasteiger partial charge in [-0.25, -0.2) is 4.98 Å². The molecule has 0 unspecified atom stereocenters. The van der Waals surface area contributed by atoms with Crippen LogP contribution in [0.15, 0.2) is 12.3 Å². The van der Waals surface area contributed by atoms with E-state index < -0.39 is 0 Å². The molecule has 64 valence electrons. The molecule has 0 bridgehead atoms. The number of pyridine rings is 1. The molecule has 2 nitrogen and oxygen atoms in total. The third-order valence-corrected chi connectivity index (χ3v) is 2.44. The highest BCUT2D eigenvalue weighted by Crippen LogP contribution is 2.41. The predicted molar refractivity (Wildman–Crippen MR) is 47.8 cm³/mol. The standard InChI is InChI=1S/C9H10ClNO/c1-9(2)5-12-7-6(9)3-4-11-8(7)10/h3-4H,5H2,1-2H3. The molecule has 1 aromatic heterocycles. The fourth-order valence-electron chi connectivity index (χ4n) is 1.42. The molecule has 12 heavy (non-hydrogen) atoms. The van der Waals surface area contributed by atoms with Crippen molar-refractivity contribution in [3.8, 4) is 5.75 Å². The van der Waals surface area contributed by atoms with E-state index in [9.17, 15) is 0 Å². The topological polar surface area (TPSA) is 22.1 Å². The van der Waals surface area contributed by atoms with Gasteiger partial charge in [-0.2, -0.15) is 0 Å². The van der Waals surface area contributed by atoms with E-state index in [1.54, 1.807) is 6.20 Å². The molecule has 0 N–H and O–H groups in total. The number of nitrogens with zero attached hydrogens (tertiary/aromatic N) is 1. The first-order valence-corrected chi connectivity index (χ1v) is 4.27. The van der Waals surface area contributed by atoms with Crippen molar-refractivity contribution in [2.24, 2.45) is 0 Å². The van der Waals surface area contributed by atoms with Gasteiger partial charge in [0.05, 0.1) is 6.61 Å². The molecule has 0 atom stereocenters. The summed E-state index contributed by atoms with van der Waals surface area (Å²) in [6, 6.07) is 1.97. The number of ether oxygens (including phenoxy) is 1. The van der Waals surface area contributed by atoms with Crippen molar-refractivity contribution >= 4 is 11.6 Å². The fourth-order valence-corrected chi connectivity index (χ4v) is 1.64. The van der Waals surface area contributed by atoms with Gasteiger partial charge < -0.3 is 4.74 Å². The molecule has 1 aromatic rings. The van der Waals surface area contributed by atoms with Crippen molar-refractivity contribution < 1.29 is 4.74 Å². The lowest BCUT2D eigenvalue weighted by atomic mass is 9.88. The minimum atomic E-state index is 0.0713. The summed E-state index contributed by atoms with van der Waals surface area (Å²) in [5.74, 6) is 0.754. The Bertz CT molecular complexity index is 322. The maximum Gasteiger partial charge on any atom is 0.171 e. The molecule has 3 heteroatoms. The van der Waals surface area contributed by atoms with Crippen molar-refractivity contribution in [3.63, 3.8) is 0 Å². The van der Waals surface area contributed by atoms with Crippen molar-refractivity contribution in [1.82, 2.24) is 4.98 Å². The minimum absolute atomic E-state index is 0.0713. The molecular formula is C9H10ClNO. The third kappa shape index (κ3) is 0.985. The smallest absolute Gasteiger partial charge is 0.171 e. The molecule has 2 rings (SSSR count). The van der Waals surface area contributed by atoms with Crippen LogP contribution < -0.4 is 4.74 Å². The second-order valence-electron chi connectivity index (χ2n) is 3.65. The van der Waals surface area contributed by atoms with Crippen LogP contribution in [0.5, 0.6) is 5.75 Å². The van der Waals surface area contributed by atoms with E-state index in [0.29, 0.717) is 11.8 Å². The highest BCUT2D eigenvalue weighted by molar-refractivity contribution is 6.31. The van der Waals surface area contributed by atoms with Gasteiger partial charge in [-0.15, -0.1) is 0 Å². The van der Waals surface area contributed by atoms with Crippen LogP contribution in [-0.2, 0) is 5.41 Å². The van der Waals surface area contributed by atoms with Crippen LogP contribution >= 0.6 is 11.6 Å². The van der Waals surface area contributed by atoms with Crippen LogP contribution in [0.25, 0.3) is 0 Å². The zero-order chi connectivity index (χ0) is 8.77. The monoisotopic (exact) mass is 183 g/mol. The van der Waals surface area contributed by atoms with Gasteiger partial charge in [0, 0.05) is 17.2 Å². The van der Waals surface area contributed by atoms with Crippen molar-refractivity contribution in [2.45, 2.75) is 19.3 Å². The molecule has 2 heterocycles. The normalized spacial score (nSPS) is 18.6. The van der Waals surface area contributed by atoms with E-state index in [2.05, 4.69) is 18.8 Å². The molecule has 0 aromatic carbocycles. The Labute approximate surface area is 76.5 Å². The summed E-state index contributed by atoms with van der Waals surface area (Å²) in [6.07, 6.45) is 1.72. The van der Waals surface area contributed by atoms with Gasteiger partial charge >= 0.3 is 0 Å². The molecule has 0 saturated carbocycles. The second-order valence-corrected chi connectivity index (χ2v) is 4.01. The molecule has 0 radical (unpaired) electrons. The van der Waals surface area contributed by atoms with Crippen LogP contribution in [0.4, 0.5) is 0 Å². The zero-order valence-electron chi connectivity index (χ0n) is 7.10. The van der Waals surface area contributed by atoms with Crippen LogP contribution in [0, 0.1) is 0 Å². The summed E-state index contributed by atoms with van der Waals surface area (Å²) >= 11 is 5.86. The van der Waals surface area contributed by atoms with Crippen molar-refractivity contribution in [3.05, 3.63) is 23.0 Å². The van der Waals surface area contributed by atoms with Gasteiger partial charge in [-0.3, -0.25) is 0 Å². The van der Waals surface area contributed by atoms with E-state index >= 15 is 0 Å². The molecule has 0 saturated heterocycles. The van der Waals surface area contributed by atoms with E-state index in [1.807, 2.05) is 6.07 Å². The summed E-state index contributed by atoms with van der Waals surface area (Å²) < 4.78 is 5.45. The molecule has 0 aliphatic carbocycles.